The quantitative estimate of drug-likeness (QED) is 0.413. The van der Waals surface area contributed by atoms with Gasteiger partial charge >= 0.3 is 0 Å². The number of methoxy groups -OCH3 is 1. The van der Waals surface area contributed by atoms with Gasteiger partial charge in [-0.25, -0.2) is 0 Å². The Hall–Kier alpha value is -0.160. The van der Waals surface area contributed by atoms with Crippen LogP contribution in [0.1, 0.15) is 109 Å². The third kappa shape index (κ3) is 32.7. The Balaban J connectivity index is -0.000000330. The monoisotopic (exact) mass is 420 g/mol. The Bertz CT molecular complexity index is 300. The van der Waals surface area contributed by atoms with E-state index in [0.29, 0.717) is 35.9 Å². The van der Waals surface area contributed by atoms with E-state index in [-0.39, 0.29) is 0 Å². The largest absolute Gasteiger partial charge is 0.382 e. The van der Waals surface area contributed by atoms with Crippen molar-refractivity contribution in [3.05, 3.63) is 0 Å². The summed E-state index contributed by atoms with van der Waals surface area (Å²) in [6.07, 6.45) is 7.45. The zero-order valence-corrected chi connectivity index (χ0v) is 22.3. The van der Waals surface area contributed by atoms with Crippen LogP contribution >= 0.6 is 0 Å². The molecule has 0 aromatic rings. The van der Waals surface area contributed by atoms with Crippen molar-refractivity contribution in [1.29, 1.82) is 0 Å². The Morgan fingerprint density at radius 3 is 1.21 bits per heavy atom. The van der Waals surface area contributed by atoms with Crippen molar-refractivity contribution in [3.8, 4) is 0 Å². The molecule has 0 spiro atoms. The second kappa shape index (κ2) is 21.1. The van der Waals surface area contributed by atoms with Crippen LogP contribution in [-0.2, 0) is 18.9 Å². The molecule has 0 amide bonds. The number of rotatable bonds is 8. The fourth-order valence-electron chi connectivity index (χ4n) is 2.62. The molecule has 0 heterocycles. The Morgan fingerprint density at radius 2 is 1.03 bits per heavy atom. The minimum Gasteiger partial charge on any atom is -0.382 e. The van der Waals surface area contributed by atoms with Gasteiger partial charge in [0, 0.05) is 13.7 Å². The van der Waals surface area contributed by atoms with Crippen LogP contribution in [0.5, 0.6) is 0 Å². The highest BCUT2D eigenvalue weighted by Crippen LogP contribution is 2.37. The molecular weight excluding hydrogens is 364 g/mol. The lowest BCUT2D eigenvalue weighted by molar-refractivity contribution is 0.0169. The molecule has 0 unspecified atom stereocenters. The first-order valence-corrected chi connectivity index (χ1v) is 11.7. The van der Waals surface area contributed by atoms with Crippen molar-refractivity contribution in [2.75, 3.05) is 20.3 Å². The van der Waals surface area contributed by atoms with Gasteiger partial charge in [0.25, 0.3) is 0 Å². The molecule has 0 aliphatic heterocycles. The molecule has 180 valence electrons. The molecular formula is C25H56O4. The van der Waals surface area contributed by atoms with E-state index in [4.69, 9.17) is 18.9 Å². The van der Waals surface area contributed by atoms with Crippen molar-refractivity contribution in [1.82, 2.24) is 0 Å². The second-order valence-corrected chi connectivity index (χ2v) is 9.40. The van der Waals surface area contributed by atoms with Crippen molar-refractivity contribution in [2.24, 2.45) is 5.41 Å². The minimum atomic E-state index is 0.375. The number of hydrogen-bond donors (Lipinski definition) is 0. The molecule has 1 aliphatic carbocycles. The zero-order valence-electron chi connectivity index (χ0n) is 22.3. The summed E-state index contributed by atoms with van der Waals surface area (Å²) in [6, 6.07) is 0. The SMILES string of the molecule is CC(C)OC(C)C.CC(C)OCC1(C)CCCC1.CCOC(C)C.COC(C)C. The van der Waals surface area contributed by atoms with Gasteiger partial charge in [0.1, 0.15) is 0 Å². The lowest BCUT2D eigenvalue weighted by atomic mass is 9.90. The van der Waals surface area contributed by atoms with E-state index in [1.54, 1.807) is 7.11 Å². The molecule has 1 fully saturated rings. The molecule has 1 saturated carbocycles. The van der Waals surface area contributed by atoms with Crippen LogP contribution < -0.4 is 0 Å². The van der Waals surface area contributed by atoms with Crippen LogP contribution in [0.15, 0.2) is 0 Å². The first-order chi connectivity index (χ1) is 13.3. The number of hydrogen-bond acceptors (Lipinski definition) is 4. The fraction of sp³-hybridized carbons (Fsp3) is 1.00. The summed E-state index contributed by atoms with van der Waals surface area (Å²) in [5.41, 5.74) is 0.504. The Kier molecular flexibility index (Phi) is 24.3. The second-order valence-electron chi connectivity index (χ2n) is 9.40. The highest BCUT2D eigenvalue weighted by Gasteiger charge is 2.28. The smallest absolute Gasteiger partial charge is 0.0523 e. The molecule has 0 aromatic carbocycles. The van der Waals surface area contributed by atoms with E-state index >= 15 is 0 Å². The van der Waals surface area contributed by atoms with Crippen molar-refractivity contribution in [3.63, 3.8) is 0 Å². The van der Waals surface area contributed by atoms with E-state index in [0.717, 1.165) is 13.2 Å². The summed E-state index contributed by atoms with van der Waals surface area (Å²) in [5, 5.41) is 0. The average Bonchev–Trinajstić information content (AvgIpc) is 3.00. The highest BCUT2D eigenvalue weighted by molar-refractivity contribution is 4.79. The summed E-state index contributed by atoms with van der Waals surface area (Å²) in [7, 11) is 1.70. The van der Waals surface area contributed by atoms with Crippen LogP contribution in [0.4, 0.5) is 0 Å². The van der Waals surface area contributed by atoms with E-state index in [1.165, 1.54) is 25.7 Å². The molecule has 0 saturated heterocycles. The summed E-state index contributed by atoms with van der Waals surface area (Å²) in [6.45, 7) is 26.6. The van der Waals surface area contributed by atoms with Crippen LogP contribution in [0, 0.1) is 5.41 Å². The topological polar surface area (TPSA) is 36.9 Å². The minimum absolute atomic E-state index is 0.375. The highest BCUT2D eigenvalue weighted by atomic mass is 16.5. The van der Waals surface area contributed by atoms with Gasteiger partial charge in [-0.2, -0.15) is 0 Å². The van der Waals surface area contributed by atoms with Gasteiger partial charge in [-0.15, -0.1) is 0 Å². The lowest BCUT2D eigenvalue weighted by Crippen LogP contribution is -2.21. The maximum atomic E-state index is 5.63. The predicted molar refractivity (Wildman–Crippen MR) is 128 cm³/mol. The van der Waals surface area contributed by atoms with Crippen LogP contribution in [0.25, 0.3) is 0 Å². The van der Waals surface area contributed by atoms with Crippen LogP contribution in [0.3, 0.4) is 0 Å². The van der Waals surface area contributed by atoms with Crippen LogP contribution in [-0.4, -0.2) is 50.8 Å². The summed E-state index contributed by atoms with van der Waals surface area (Å²) >= 11 is 0. The summed E-state index contributed by atoms with van der Waals surface area (Å²) < 4.78 is 20.7. The third-order valence-corrected chi connectivity index (χ3v) is 4.09. The maximum Gasteiger partial charge on any atom is 0.0523 e. The molecule has 1 rings (SSSR count). The van der Waals surface area contributed by atoms with E-state index < -0.39 is 0 Å². The van der Waals surface area contributed by atoms with Gasteiger partial charge in [-0.1, -0.05) is 19.8 Å². The molecule has 4 nitrogen and oxygen atoms in total. The third-order valence-electron chi connectivity index (χ3n) is 4.09. The van der Waals surface area contributed by atoms with Gasteiger partial charge in [0.05, 0.1) is 37.1 Å². The average molecular weight is 421 g/mol. The molecule has 29 heavy (non-hydrogen) atoms. The zero-order chi connectivity index (χ0) is 23.5. The van der Waals surface area contributed by atoms with Gasteiger partial charge in [0.2, 0.25) is 0 Å². The van der Waals surface area contributed by atoms with Crippen molar-refractivity contribution < 1.29 is 18.9 Å². The molecule has 0 aromatic heterocycles. The van der Waals surface area contributed by atoms with Crippen molar-refractivity contribution >= 4 is 0 Å². The fourth-order valence-corrected chi connectivity index (χ4v) is 2.62. The van der Waals surface area contributed by atoms with Gasteiger partial charge in [0.15, 0.2) is 0 Å². The first-order valence-electron chi connectivity index (χ1n) is 11.7. The lowest BCUT2D eigenvalue weighted by Gasteiger charge is -2.24. The van der Waals surface area contributed by atoms with E-state index in [2.05, 4.69) is 20.8 Å². The first kappa shape index (κ1) is 33.5. The predicted octanol–water partition coefficient (Wildman–Crippen LogP) is 7.28. The Morgan fingerprint density at radius 1 is 0.655 bits per heavy atom. The molecule has 0 bridgehead atoms. The van der Waals surface area contributed by atoms with Crippen molar-refractivity contribution in [2.45, 2.75) is 139 Å². The summed E-state index contributed by atoms with van der Waals surface area (Å²) in [4.78, 5) is 0. The molecule has 0 N–H and O–H groups in total. The van der Waals surface area contributed by atoms with Gasteiger partial charge < -0.3 is 18.9 Å². The van der Waals surface area contributed by atoms with E-state index in [9.17, 15) is 0 Å². The molecule has 1 aliphatic rings. The van der Waals surface area contributed by atoms with Crippen LogP contribution in [0.2, 0.25) is 0 Å². The van der Waals surface area contributed by atoms with Gasteiger partial charge in [-0.05, 0) is 94.4 Å². The molecule has 0 radical (unpaired) electrons. The standard InChI is InChI=1S/C10H20O.C6H14O.C5H12O.C4H10O/c1-9(2)11-8-10(3)6-4-5-7-10;1-5(2)7-6(3)4;1-4-6-5(2)3;1-4(2)5-3/h9H,4-8H2,1-3H3;5-6H,1-4H3;5H,4H2,1-3H3;4H,1-3H3. The summed E-state index contributed by atoms with van der Waals surface area (Å²) in [5.74, 6) is 0. The van der Waals surface area contributed by atoms with E-state index in [1.807, 2.05) is 62.3 Å². The molecule has 4 heteroatoms. The maximum absolute atomic E-state index is 5.63. The molecule has 0 atom stereocenters. The number of ether oxygens (including phenoxy) is 4. The van der Waals surface area contributed by atoms with Gasteiger partial charge in [-0.3, -0.25) is 0 Å². The Labute approximate surface area is 184 Å². The normalized spacial score (nSPS) is 15.1.